The van der Waals surface area contributed by atoms with E-state index in [0.29, 0.717) is 0 Å². The Hall–Kier alpha value is -1.43. The van der Waals surface area contributed by atoms with E-state index in [9.17, 15) is 8.78 Å². The second kappa shape index (κ2) is 3.53. The van der Waals surface area contributed by atoms with E-state index in [-0.39, 0.29) is 5.56 Å². The maximum absolute atomic E-state index is 13.1. The molecule has 0 saturated heterocycles. The first-order valence-electron chi connectivity index (χ1n) is 3.84. The minimum absolute atomic E-state index is 0.0888. The van der Waals surface area contributed by atoms with Gasteiger partial charge in [0, 0.05) is 5.56 Å². The zero-order valence-electron chi connectivity index (χ0n) is 7.22. The third-order valence-corrected chi connectivity index (χ3v) is 1.75. The molecule has 13 heavy (non-hydrogen) atoms. The molecule has 0 N–H and O–H groups in total. The van der Waals surface area contributed by atoms with E-state index in [1.807, 2.05) is 6.92 Å². The van der Waals surface area contributed by atoms with Gasteiger partial charge in [-0.1, -0.05) is 29.8 Å². The van der Waals surface area contributed by atoms with Crippen LogP contribution >= 0.6 is 0 Å². The smallest absolute Gasteiger partial charge is 0.310 e. The first kappa shape index (κ1) is 9.66. The molecule has 1 aromatic rings. The van der Waals surface area contributed by atoms with Gasteiger partial charge in [-0.05, 0) is 6.92 Å². The summed E-state index contributed by atoms with van der Waals surface area (Å²) in [6.07, 6.45) is 0. The number of hydrogen-bond donors (Lipinski definition) is 0. The van der Waals surface area contributed by atoms with Gasteiger partial charge in [0.15, 0.2) is 0 Å². The predicted molar refractivity (Wildman–Crippen MR) is 46.5 cm³/mol. The number of hydrogen-bond acceptors (Lipinski definition) is 0. The van der Waals surface area contributed by atoms with Crippen LogP contribution in [0.2, 0.25) is 0 Å². The highest BCUT2D eigenvalue weighted by Gasteiger charge is 2.35. The number of halogens is 2. The quantitative estimate of drug-likeness (QED) is 0.618. The fourth-order valence-electron chi connectivity index (χ4n) is 0.988. The van der Waals surface area contributed by atoms with Crippen LogP contribution in [0.25, 0.3) is 4.85 Å². The summed E-state index contributed by atoms with van der Waals surface area (Å²) < 4.78 is 26.1. The van der Waals surface area contributed by atoms with Gasteiger partial charge in [-0.2, -0.15) is 8.78 Å². The van der Waals surface area contributed by atoms with Crippen LogP contribution < -0.4 is 0 Å². The van der Waals surface area contributed by atoms with Crippen molar-refractivity contribution in [3.05, 3.63) is 46.8 Å². The summed E-state index contributed by atoms with van der Waals surface area (Å²) in [7, 11) is 0. The normalized spacial score (nSPS) is 10.9. The summed E-state index contributed by atoms with van der Waals surface area (Å²) in [5.41, 5.74) is 0.844. The van der Waals surface area contributed by atoms with Crippen LogP contribution in [0.1, 0.15) is 11.1 Å². The lowest BCUT2D eigenvalue weighted by atomic mass is 10.1. The van der Waals surface area contributed by atoms with Crippen molar-refractivity contribution in [2.24, 2.45) is 0 Å². The maximum Gasteiger partial charge on any atom is 0.343 e. The number of benzene rings is 1. The second-order valence-corrected chi connectivity index (χ2v) is 2.89. The summed E-state index contributed by atoms with van der Waals surface area (Å²) in [4.78, 5) is 2.71. The molecular weight excluding hydrogens is 172 g/mol. The molecule has 1 rings (SSSR count). The fourth-order valence-corrected chi connectivity index (χ4v) is 0.988. The minimum Gasteiger partial charge on any atom is -0.310 e. The molecule has 0 bridgehead atoms. The van der Waals surface area contributed by atoms with E-state index in [1.165, 1.54) is 12.1 Å². The van der Waals surface area contributed by atoms with Crippen LogP contribution in [0, 0.1) is 13.5 Å². The fraction of sp³-hybridized carbons (Fsp3) is 0.300. The van der Waals surface area contributed by atoms with Crippen molar-refractivity contribution in [2.45, 2.75) is 12.8 Å². The number of alkyl halides is 2. The molecule has 0 heterocycles. The monoisotopic (exact) mass is 181 g/mol. The summed E-state index contributed by atoms with van der Waals surface area (Å²) in [6.45, 7) is 7.44. The zero-order chi connectivity index (χ0) is 9.90. The lowest BCUT2D eigenvalue weighted by molar-refractivity contribution is 0.0141. The first-order chi connectivity index (χ1) is 6.06. The Balaban J connectivity index is 2.95. The van der Waals surface area contributed by atoms with Crippen LogP contribution in [0.4, 0.5) is 8.78 Å². The van der Waals surface area contributed by atoms with Gasteiger partial charge in [0.2, 0.25) is 0 Å². The molecule has 0 unspecified atom stereocenters. The maximum atomic E-state index is 13.1. The highest BCUT2D eigenvalue weighted by atomic mass is 19.3. The summed E-state index contributed by atoms with van der Waals surface area (Å²) in [5, 5.41) is 0. The molecule has 3 heteroatoms. The van der Waals surface area contributed by atoms with Gasteiger partial charge in [0.1, 0.15) is 0 Å². The van der Waals surface area contributed by atoms with Crippen LogP contribution in [0.3, 0.4) is 0 Å². The van der Waals surface area contributed by atoms with Crippen molar-refractivity contribution in [1.29, 1.82) is 0 Å². The van der Waals surface area contributed by atoms with Gasteiger partial charge in [0.05, 0.1) is 0 Å². The van der Waals surface area contributed by atoms with E-state index >= 15 is 0 Å². The molecule has 0 aliphatic rings. The molecule has 0 fully saturated rings. The lowest BCUT2D eigenvalue weighted by Gasteiger charge is -2.09. The molecule has 0 amide bonds. The Morgan fingerprint density at radius 1 is 1.31 bits per heavy atom. The zero-order valence-corrected chi connectivity index (χ0v) is 7.22. The Morgan fingerprint density at radius 3 is 2.31 bits per heavy atom. The average Bonchev–Trinajstić information content (AvgIpc) is 2.05. The molecule has 68 valence electrons. The molecule has 0 aliphatic heterocycles. The molecular formula is C10H9F2N. The molecule has 0 spiro atoms. The molecule has 0 radical (unpaired) electrons. The number of nitrogens with zero attached hydrogens (tertiary/aromatic N) is 1. The largest absolute Gasteiger partial charge is 0.343 e. The van der Waals surface area contributed by atoms with E-state index in [1.54, 1.807) is 12.1 Å². The van der Waals surface area contributed by atoms with Gasteiger partial charge in [0.25, 0.3) is 6.54 Å². The van der Waals surface area contributed by atoms with E-state index < -0.39 is 12.5 Å². The van der Waals surface area contributed by atoms with Gasteiger partial charge >= 0.3 is 5.92 Å². The minimum atomic E-state index is -3.02. The predicted octanol–water partition coefficient (Wildman–Crippen LogP) is 3.01. The van der Waals surface area contributed by atoms with Crippen molar-refractivity contribution in [3.8, 4) is 0 Å². The van der Waals surface area contributed by atoms with E-state index in [0.717, 1.165) is 5.56 Å². The summed E-state index contributed by atoms with van der Waals surface area (Å²) in [5.74, 6) is -3.02. The Morgan fingerprint density at radius 2 is 1.85 bits per heavy atom. The van der Waals surface area contributed by atoms with Crippen LogP contribution in [0.15, 0.2) is 24.3 Å². The number of rotatable bonds is 2. The van der Waals surface area contributed by atoms with Gasteiger partial charge in [-0.3, -0.25) is 0 Å². The first-order valence-corrected chi connectivity index (χ1v) is 3.84. The standard InChI is InChI=1S/C10H9F2N/c1-8-3-5-9(6-4-8)10(11,12)7-13-2/h3-6H,7H2,1H3. The molecule has 1 nitrogen and oxygen atoms in total. The van der Waals surface area contributed by atoms with Crippen molar-refractivity contribution >= 4 is 0 Å². The summed E-state index contributed by atoms with van der Waals surface area (Å²) in [6, 6.07) is 5.96. The van der Waals surface area contributed by atoms with Crippen molar-refractivity contribution < 1.29 is 8.78 Å². The Labute approximate surface area is 75.8 Å². The highest BCUT2D eigenvalue weighted by molar-refractivity contribution is 5.25. The average molecular weight is 181 g/mol. The molecule has 0 aliphatic carbocycles. The van der Waals surface area contributed by atoms with Gasteiger partial charge in [-0.25, -0.2) is 6.57 Å². The second-order valence-electron chi connectivity index (χ2n) is 2.89. The molecule has 1 aromatic carbocycles. The van der Waals surface area contributed by atoms with Crippen molar-refractivity contribution in [2.75, 3.05) is 6.54 Å². The third-order valence-electron chi connectivity index (χ3n) is 1.75. The van der Waals surface area contributed by atoms with E-state index in [4.69, 9.17) is 6.57 Å². The number of aryl methyl sites for hydroxylation is 1. The highest BCUT2D eigenvalue weighted by Crippen LogP contribution is 2.28. The van der Waals surface area contributed by atoms with Crippen LogP contribution in [-0.4, -0.2) is 6.54 Å². The summed E-state index contributed by atoms with van der Waals surface area (Å²) >= 11 is 0. The Bertz CT molecular complexity index is 322. The lowest BCUT2D eigenvalue weighted by Crippen LogP contribution is -2.16. The molecule has 0 atom stereocenters. The van der Waals surface area contributed by atoms with Gasteiger partial charge < -0.3 is 4.85 Å². The van der Waals surface area contributed by atoms with Crippen LogP contribution in [-0.2, 0) is 5.92 Å². The topological polar surface area (TPSA) is 4.36 Å². The van der Waals surface area contributed by atoms with Crippen molar-refractivity contribution in [3.63, 3.8) is 0 Å². The SMILES string of the molecule is [C-]#[N+]CC(F)(F)c1ccc(C)cc1. The molecule has 0 saturated carbocycles. The van der Waals surface area contributed by atoms with Crippen molar-refractivity contribution in [1.82, 2.24) is 0 Å². The van der Waals surface area contributed by atoms with E-state index in [2.05, 4.69) is 4.85 Å². The third kappa shape index (κ3) is 2.25. The van der Waals surface area contributed by atoms with Gasteiger partial charge in [-0.15, -0.1) is 0 Å². The molecule has 0 aromatic heterocycles. The van der Waals surface area contributed by atoms with Crippen LogP contribution in [0.5, 0.6) is 0 Å². The Kier molecular flexibility index (Phi) is 2.62.